The molecule has 5 rings (SSSR count). The molecule has 0 saturated carbocycles. The highest BCUT2D eigenvalue weighted by Gasteiger charge is 2.38. The molecule has 0 bridgehead atoms. The minimum absolute atomic E-state index is 0.0781. The number of hydrogen-bond donors (Lipinski definition) is 1. The van der Waals surface area contributed by atoms with E-state index in [1.807, 2.05) is 58.0 Å². The van der Waals surface area contributed by atoms with Gasteiger partial charge in [-0.15, -0.1) is 6.58 Å². The van der Waals surface area contributed by atoms with Gasteiger partial charge in [-0.2, -0.15) is 9.61 Å². The number of rotatable bonds is 11. The van der Waals surface area contributed by atoms with Crippen molar-refractivity contribution in [3.8, 4) is 28.1 Å². The van der Waals surface area contributed by atoms with Crippen molar-refractivity contribution < 1.29 is 28.9 Å². The summed E-state index contributed by atoms with van der Waals surface area (Å²) in [5, 5.41) is 15.8. The zero-order valence-corrected chi connectivity index (χ0v) is 29.0. The van der Waals surface area contributed by atoms with Crippen LogP contribution in [0.5, 0.6) is 5.75 Å². The fourth-order valence-electron chi connectivity index (χ4n) is 6.09. The predicted octanol–water partition coefficient (Wildman–Crippen LogP) is 7.26. The molecule has 1 saturated heterocycles. The molecule has 10 nitrogen and oxygen atoms in total. The van der Waals surface area contributed by atoms with Crippen molar-refractivity contribution in [1.29, 1.82) is 0 Å². The van der Waals surface area contributed by atoms with E-state index in [9.17, 15) is 14.7 Å². The fourth-order valence-corrected chi connectivity index (χ4v) is 6.09. The summed E-state index contributed by atoms with van der Waals surface area (Å²) in [5.74, 6) is 0.232. The van der Waals surface area contributed by atoms with Crippen LogP contribution < -0.4 is 4.90 Å². The van der Waals surface area contributed by atoms with Gasteiger partial charge in [-0.05, 0) is 91.1 Å². The Hall–Kier alpha value is -4.54. The molecule has 0 spiro atoms. The molecule has 3 heterocycles. The molecule has 0 radical (unpaired) electrons. The number of anilines is 1. The summed E-state index contributed by atoms with van der Waals surface area (Å²) in [4.78, 5) is 32.8. The first-order chi connectivity index (χ1) is 22.7. The number of esters is 1. The summed E-state index contributed by atoms with van der Waals surface area (Å²) in [6, 6.07) is 14.4. The number of ether oxygens (including phenoxy) is 3. The largest absolute Gasteiger partial charge is 0.507 e. The van der Waals surface area contributed by atoms with E-state index in [1.165, 1.54) is 13.0 Å². The Morgan fingerprint density at radius 1 is 1.10 bits per heavy atom. The third-order valence-electron chi connectivity index (χ3n) is 8.58. The number of carbonyl (C=O) groups is 2. The maximum atomic E-state index is 13.6. The second-order valence-corrected chi connectivity index (χ2v) is 13.5. The number of phenolic OH excluding ortho intramolecular Hbond substituents is 1. The Bertz CT molecular complexity index is 1830. The lowest BCUT2D eigenvalue weighted by atomic mass is 9.92. The Kier molecular flexibility index (Phi) is 10.1. The predicted molar refractivity (Wildman–Crippen MR) is 186 cm³/mol. The third kappa shape index (κ3) is 7.45. The highest BCUT2D eigenvalue weighted by atomic mass is 16.6. The molecule has 1 atom stereocenters. The number of fused-ring (bicyclic) bond motifs is 1. The molecule has 48 heavy (non-hydrogen) atoms. The average molecular weight is 655 g/mol. The summed E-state index contributed by atoms with van der Waals surface area (Å²) < 4.78 is 19.9. The topological polar surface area (TPSA) is 115 Å². The lowest BCUT2D eigenvalue weighted by Gasteiger charge is -2.41. The van der Waals surface area contributed by atoms with E-state index in [0.717, 1.165) is 29.8 Å². The summed E-state index contributed by atoms with van der Waals surface area (Å²) >= 11 is 0. The van der Waals surface area contributed by atoms with Crippen molar-refractivity contribution in [3.05, 3.63) is 78.0 Å². The fraction of sp³-hybridized carbons (Fsp3) is 0.421. The van der Waals surface area contributed by atoms with Gasteiger partial charge in [0.2, 0.25) is 0 Å². The Labute approximate surface area is 282 Å². The number of ketones is 1. The van der Waals surface area contributed by atoms with Gasteiger partial charge in [-0.3, -0.25) is 4.79 Å². The van der Waals surface area contributed by atoms with E-state index in [2.05, 4.69) is 18.4 Å². The number of benzene rings is 2. The SMILES string of the molecule is C=CCOC1(C)CCN(c2c([C@H](OC(C)(C)C)C(=O)OCC)c(C)nc3cc(-c4cccc(-c5cc(C(C)=O)ccc5O)c4)nn23)CC1. The number of aromatic nitrogens is 3. The summed E-state index contributed by atoms with van der Waals surface area (Å²) in [7, 11) is 0. The van der Waals surface area contributed by atoms with Crippen molar-refractivity contribution in [2.45, 2.75) is 78.6 Å². The molecule has 1 N–H and O–H groups in total. The number of hydrogen-bond acceptors (Lipinski definition) is 9. The quantitative estimate of drug-likeness (QED) is 0.101. The van der Waals surface area contributed by atoms with Crippen LogP contribution in [0.15, 0.2) is 61.2 Å². The van der Waals surface area contributed by atoms with Gasteiger partial charge in [0.15, 0.2) is 17.5 Å². The van der Waals surface area contributed by atoms with Crippen LogP contribution in [0.2, 0.25) is 0 Å². The van der Waals surface area contributed by atoms with Crippen molar-refractivity contribution >= 4 is 23.2 Å². The van der Waals surface area contributed by atoms with Crippen molar-refractivity contribution in [2.24, 2.45) is 0 Å². The van der Waals surface area contributed by atoms with Crippen LogP contribution in [0.4, 0.5) is 5.82 Å². The van der Waals surface area contributed by atoms with Gasteiger partial charge in [0.1, 0.15) is 11.6 Å². The van der Waals surface area contributed by atoms with E-state index in [-0.39, 0.29) is 23.7 Å². The number of nitrogens with zero attached hydrogens (tertiary/aromatic N) is 4. The van der Waals surface area contributed by atoms with Crippen molar-refractivity contribution in [2.75, 3.05) is 31.2 Å². The van der Waals surface area contributed by atoms with E-state index < -0.39 is 17.7 Å². The normalized spacial score (nSPS) is 15.4. The number of piperidine rings is 1. The van der Waals surface area contributed by atoms with Crippen LogP contribution in [0, 0.1) is 6.92 Å². The van der Waals surface area contributed by atoms with Crippen molar-refractivity contribution in [3.63, 3.8) is 0 Å². The molecule has 1 fully saturated rings. The van der Waals surface area contributed by atoms with Crippen LogP contribution in [0.25, 0.3) is 28.0 Å². The first kappa shape index (κ1) is 34.8. The van der Waals surface area contributed by atoms with E-state index in [0.29, 0.717) is 53.4 Å². The summed E-state index contributed by atoms with van der Waals surface area (Å²) in [6.45, 7) is 18.8. The van der Waals surface area contributed by atoms with Crippen LogP contribution in [0.3, 0.4) is 0 Å². The first-order valence-corrected chi connectivity index (χ1v) is 16.4. The molecule has 0 unspecified atom stereocenters. The first-order valence-electron chi connectivity index (χ1n) is 16.4. The number of aryl methyl sites for hydroxylation is 1. The molecule has 10 heteroatoms. The lowest BCUT2D eigenvalue weighted by molar-refractivity contribution is -0.166. The number of Topliss-reactive ketones (excluding diaryl/α,β-unsaturated/α-hetero) is 1. The van der Waals surface area contributed by atoms with Gasteiger partial charge in [0.05, 0.1) is 35.7 Å². The van der Waals surface area contributed by atoms with Crippen LogP contribution in [-0.2, 0) is 19.0 Å². The summed E-state index contributed by atoms with van der Waals surface area (Å²) in [5.41, 5.74) is 4.16. The van der Waals surface area contributed by atoms with Gasteiger partial charge >= 0.3 is 5.97 Å². The monoisotopic (exact) mass is 654 g/mol. The third-order valence-corrected chi connectivity index (χ3v) is 8.58. The molecule has 254 valence electrons. The van der Waals surface area contributed by atoms with E-state index >= 15 is 0 Å². The van der Waals surface area contributed by atoms with Gasteiger partial charge in [0, 0.05) is 41.5 Å². The smallest absolute Gasteiger partial charge is 0.340 e. The van der Waals surface area contributed by atoms with Gasteiger partial charge in [-0.25, -0.2) is 9.78 Å². The average Bonchev–Trinajstić information content (AvgIpc) is 3.46. The molecule has 4 aromatic rings. The molecule has 2 aromatic heterocycles. The second kappa shape index (κ2) is 13.9. The molecular weight excluding hydrogens is 608 g/mol. The molecule has 1 aliphatic rings. The Balaban J connectivity index is 1.66. The highest BCUT2D eigenvalue weighted by Crippen LogP contribution is 2.39. The molecule has 0 amide bonds. The van der Waals surface area contributed by atoms with E-state index in [4.69, 9.17) is 24.3 Å². The summed E-state index contributed by atoms with van der Waals surface area (Å²) in [6.07, 6.45) is 2.24. The number of carbonyl (C=O) groups excluding carboxylic acids is 2. The maximum absolute atomic E-state index is 13.6. The molecule has 0 aliphatic carbocycles. The molecule has 2 aromatic carbocycles. The van der Waals surface area contributed by atoms with Gasteiger partial charge < -0.3 is 24.2 Å². The van der Waals surface area contributed by atoms with E-state index in [1.54, 1.807) is 29.6 Å². The number of aromatic hydroxyl groups is 1. The molecular formula is C38H46N4O6. The highest BCUT2D eigenvalue weighted by molar-refractivity contribution is 5.96. The van der Waals surface area contributed by atoms with Crippen LogP contribution in [0.1, 0.15) is 82.1 Å². The van der Waals surface area contributed by atoms with Crippen molar-refractivity contribution in [1.82, 2.24) is 14.6 Å². The lowest BCUT2D eigenvalue weighted by Crippen LogP contribution is -2.45. The molecule has 1 aliphatic heterocycles. The Morgan fingerprint density at radius 3 is 2.46 bits per heavy atom. The van der Waals surface area contributed by atoms with Crippen LogP contribution >= 0.6 is 0 Å². The zero-order chi connectivity index (χ0) is 34.8. The van der Waals surface area contributed by atoms with Crippen LogP contribution in [-0.4, -0.2) is 69.0 Å². The Morgan fingerprint density at radius 2 is 1.81 bits per heavy atom. The zero-order valence-electron chi connectivity index (χ0n) is 29.0. The minimum atomic E-state index is -1.03. The number of phenols is 1. The van der Waals surface area contributed by atoms with Gasteiger partial charge in [-0.1, -0.05) is 24.3 Å². The van der Waals surface area contributed by atoms with Gasteiger partial charge in [0.25, 0.3) is 0 Å². The maximum Gasteiger partial charge on any atom is 0.340 e. The second-order valence-electron chi connectivity index (χ2n) is 13.5. The minimum Gasteiger partial charge on any atom is -0.507 e. The standard InChI is InChI=1S/C38H46N4O6/c1-9-20-47-38(8)16-18-41(19-17-38)35-33(34(36(45)46-10-2)48-37(5,6)7)24(3)39-32-23-30(40-42(32)35)28-13-11-12-27(21-28)29-22-26(25(4)43)14-15-31(29)44/h9,11-15,21-23,34,44H,1,10,16-20H2,2-8H3/t34-/m0/s1.